The number of urea groups is 1. The van der Waals surface area contributed by atoms with Gasteiger partial charge in [0.1, 0.15) is 5.75 Å². The number of ether oxygens (including phenoxy) is 1. The Bertz CT molecular complexity index is 554. The van der Waals surface area contributed by atoms with Crippen molar-refractivity contribution in [3.8, 4) is 5.75 Å². The van der Waals surface area contributed by atoms with Crippen LogP contribution in [0.2, 0.25) is 0 Å². The summed E-state index contributed by atoms with van der Waals surface area (Å²) in [5.41, 5.74) is 0.795. The third-order valence-corrected chi connectivity index (χ3v) is 3.82. The van der Waals surface area contributed by atoms with Gasteiger partial charge in [0, 0.05) is 18.3 Å². The minimum absolute atomic E-state index is 0.0297. The second-order valence-electron chi connectivity index (χ2n) is 6.56. The van der Waals surface area contributed by atoms with Gasteiger partial charge in [-0.15, -0.1) is 0 Å². The number of imide groups is 1. The van der Waals surface area contributed by atoms with Gasteiger partial charge in [0.15, 0.2) is 0 Å². The maximum atomic E-state index is 11.8. The molecule has 3 N–H and O–H groups in total. The smallest absolute Gasteiger partial charge is 0.321 e. The van der Waals surface area contributed by atoms with Crippen LogP contribution in [0.1, 0.15) is 39.5 Å². The number of amides is 3. The maximum Gasteiger partial charge on any atom is 0.321 e. The van der Waals surface area contributed by atoms with Crippen molar-refractivity contribution in [3.63, 3.8) is 0 Å². The number of benzene rings is 1. The molecule has 0 radical (unpaired) electrons. The molecule has 1 aliphatic rings. The van der Waals surface area contributed by atoms with Crippen LogP contribution in [0.25, 0.3) is 0 Å². The highest BCUT2D eigenvalue weighted by Crippen LogP contribution is 2.25. The van der Waals surface area contributed by atoms with Crippen LogP contribution in [-0.2, 0) is 4.79 Å². The molecular formula is C18H27N3O3. The summed E-state index contributed by atoms with van der Waals surface area (Å²) in [4.78, 5) is 23.3. The maximum absolute atomic E-state index is 11.8. The van der Waals surface area contributed by atoms with Gasteiger partial charge in [-0.25, -0.2) is 4.79 Å². The topological polar surface area (TPSA) is 79.5 Å². The lowest BCUT2D eigenvalue weighted by Crippen LogP contribution is -2.43. The van der Waals surface area contributed by atoms with Gasteiger partial charge in [0.05, 0.1) is 12.6 Å². The molecule has 6 nitrogen and oxygen atoms in total. The Hall–Kier alpha value is -2.24. The van der Waals surface area contributed by atoms with Gasteiger partial charge in [-0.2, -0.15) is 0 Å². The highest BCUT2D eigenvalue weighted by atomic mass is 16.5. The van der Waals surface area contributed by atoms with Gasteiger partial charge in [-0.1, -0.05) is 19.9 Å². The molecule has 3 amide bonds. The summed E-state index contributed by atoms with van der Waals surface area (Å²) in [7, 11) is 0. The molecule has 1 aliphatic carbocycles. The summed E-state index contributed by atoms with van der Waals surface area (Å²) in [5.74, 6) is 0.770. The highest BCUT2D eigenvalue weighted by Gasteiger charge is 2.16. The van der Waals surface area contributed by atoms with Crippen LogP contribution in [0.4, 0.5) is 10.5 Å². The van der Waals surface area contributed by atoms with E-state index in [-0.39, 0.29) is 12.5 Å². The van der Waals surface area contributed by atoms with Crippen LogP contribution < -0.4 is 20.7 Å². The van der Waals surface area contributed by atoms with Crippen molar-refractivity contribution < 1.29 is 14.3 Å². The molecule has 0 heterocycles. The Morgan fingerprint density at radius 2 is 2.00 bits per heavy atom. The van der Waals surface area contributed by atoms with Crippen LogP contribution >= 0.6 is 0 Å². The first kappa shape index (κ1) is 18.1. The van der Waals surface area contributed by atoms with Gasteiger partial charge >= 0.3 is 6.03 Å². The molecule has 24 heavy (non-hydrogen) atoms. The molecule has 0 atom stereocenters. The summed E-state index contributed by atoms with van der Waals surface area (Å²) in [6, 6.07) is 7.09. The fourth-order valence-corrected chi connectivity index (χ4v) is 2.57. The summed E-state index contributed by atoms with van der Waals surface area (Å²) in [5, 5.41) is 7.95. The van der Waals surface area contributed by atoms with Crippen molar-refractivity contribution >= 4 is 17.6 Å². The van der Waals surface area contributed by atoms with Gasteiger partial charge in [-0.3, -0.25) is 10.1 Å². The van der Waals surface area contributed by atoms with Crippen LogP contribution in [0, 0.1) is 5.92 Å². The first-order valence-corrected chi connectivity index (χ1v) is 8.61. The number of carbonyl (C=O) groups excluding carboxylic acids is 2. The average molecular weight is 333 g/mol. The Balaban J connectivity index is 1.74. The molecule has 1 saturated carbocycles. The zero-order chi connectivity index (χ0) is 17.4. The van der Waals surface area contributed by atoms with Crippen molar-refractivity contribution in [3.05, 3.63) is 24.3 Å². The minimum atomic E-state index is -0.464. The second kappa shape index (κ2) is 9.15. The van der Waals surface area contributed by atoms with E-state index < -0.39 is 6.03 Å². The quantitative estimate of drug-likeness (QED) is 0.717. The zero-order valence-corrected chi connectivity index (χ0v) is 14.4. The molecule has 0 unspecified atom stereocenters. The standard InChI is InChI=1S/C18H27N3O3/c1-13(2)11-20-18(23)21-17(22)12-19-14-6-5-9-16(10-14)24-15-7-3-4-8-15/h5-6,9-10,13,15,19H,3-4,7-8,11-12H2,1-2H3,(H2,20,21,22,23). The number of hydrogen-bond donors (Lipinski definition) is 3. The van der Waals surface area contributed by atoms with Crippen LogP contribution in [0.5, 0.6) is 5.75 Å². The number of rotatable bonds is 7. The molecule has 2 rings (SSSR count). The molecule has 0 spiro atoms. The van der Waals surface area contributed by atoms with Crippen molar-refractivity contribution in [1.82, 2.24) is 10.6 Å². The van der Waals surface area contributed by atoms with Crippen LogP contribution in [0.15, 0.2) is 24.3 Å². The highest BCUT2D eigenvalue weighted by molar-refractivity contribution is 5.96. The molecule has 132 valence electrons. The Labute approximate surface area is 143 Å². The Morgan fingerprint density at radius 3 is 2.71 bits per heavy atom. The van der Waals surface area contributed by atoms with E-state index in [4.69, 9.17) is 4.74 Å². The minimum Gasteiger partial charge on any atom is -0.490 e. The van der Waals surface area contributed by atoms with Crippen molar-refractivity contribution in [1.29, 1.82) is 0 Å². The van der Waals surface area contributed by atoms with Crippen LogP contribution in [-0.4, -0.2) is 31.1 Å². The molecule has 0 saturated heterocycles. The zero-order valence-electron chi connectivity index (χ0n) is 14.4. The van der Waals surface area contributed by atoms with E-state index in [1.54, 1.807) is 0 Å². The van der Waals surface area contributed by atoms with E-state index in [1.165, 1.54) is 12.8 Å². The normalized spacial score (nSPS) is 14.5. The summed E-state index contributed by atoms with van der Waals surface area (Å²) < 4.78 is 5.94. The molecule has 0 bridgehead atoms. The fraction of sp³-hybridized carbons (Fsp3) is 0.556. The Morgan fingerprint density at radius 1 is 1.25 bits per heavy atom. The number of nitrogens with one attached hydrogen (secondary N) is 3. The molecule has 1 aromatic rings. The number of hydrogen-bond acceptors (Lipinski definition) is 4. The van der Waals surface area contributed by atoms with Gasteiger partial charge < -0.3 is 15.4 Å². The predicted molar refractivity (Wildman–Crippen MR) is 94.2 cm³/mol. The van der Waals surface area contributed by atoms with E-state index in [0.717, 1.165) is 24.3 Å². The Kier molecular flexibility index (Phi) is 6.90. The van der Waals surface area contributed by atoms with E-state index in [1.807, 2.05) is 38.1 Å². The van der Waals surface area contributed by atoms with Crippen LogP contribution in [0.3, 0.4) is 0 Å². The van der Waals surface area contributed by atoms with Gasteiger partial charge in [0.25, 0.3) is 0 Å². The third kappa shape index (κ3) is 6.48. The first-order valence-electron chi connectivity index (χ1n) is 8.61. The van der Waals surface area contributed by atoms with Crippen molar-refractivity contribution in [2.75, 3.05) is 18.4 Å². The third-order valence-electron chi connectivity index (χ3n) is 3.82. The van der Waals surface area contributed by atoms with E-state index >= 15 is 0 Å². The average Bonchev–Trinajstić information content (AvgIpc) is 3.04. The molecule has 6 heteroatoms. The molecule has 0 aliphatic heterocycles. The largest absolute Gasteiger partial charge is 0.490 e. The summed E-state index contributed by atoms with van der Waals surface area (Å²) in [6.45, 7) is 4.55. The van der Waals surface area contributed by atoms with E-state index in [9.17, 15) is 9.59 Å². The van der Waals surface area contributed by atoms with Gasteiger partial charge in [-0.05, 0) is 43.7 Å². The van der Waals surface area contributed by atoms with E-state index in [0.29, 0.717) is 18.6 Å². The van der Waals surface area contributed by atoms with Crippen molar-refractivity contribution in [2.24, 2.45) is 5.92 Å². The predicted octanol–water partition coefficient (Wildman–Crippen LogP) is 2.90. The first-order chi connectivity index (χ1) is 11.5. The van der Waals surface area contributed by atoms with Gasteiger partial charge in [0.2, 0.25) is 5.91 Å². The fourth-order valence-electron chi connectivity index (χ4n) is 2.57. The van der Waals surface area contributed by atoms with Crippen molar-refractivity contribution in [2.45, 2.75) is 45.6 Å². The molecule has 0 aromatic heterocycles. The number of anilines is 1. The molecule has 1 fully saturated rings. The molecule has 1 aromatic carbocycles. The lowest BCUT2D eigenvalue weighted by molar-refractivity contribution is -0.118. The lowest BCUT2D eigenvalue weighted by Gasteiger charge is -2.14. The molecular weight excluding hydrogens is 306 g/mol. The monoisotopic (exact) mass is 333 g/mol. The van der Waals surface area contributed by atoms with E-state index in [2.05, 4.69) is 16.0 Å². The summed E-state index contributed by atoms with van der Waals surface area (Å²) >= 11 is 0. The number of carbonyl (C=O) groups is 2. The lowest BCUT2D eigenvalue weighted by atomic mass is 10.2. The second-order valence-corrected chi connectivity index (χ2v) is 6.56. The summed E-state index contributed by atoms with van der Waals surface area (Å²) in [6.07, 6.45) is 4.95. The SMILES string of the molecule is CC(C)CNC(=O)NC(=O)CNc1cccc(OC2CCCC2)c1.